The van der Waals surface area contributed by atoms with Gasteiger partial charge in [0.25, 0.3) is 5.91 Å². The minimum Gasteiger partial charge on any atom is -0.349 e. The van der Waals surface area contributed by atoms with Crippen LogP contribution in [0.1, 0.15) is 18.5 Å². The molecule has 0 saturated carbocycles. The molecular formula is C19H18ClN3O3. The molecule has 0 spiro atoms. The molecule has 1 fully saturated rings. The lowest BCUT2D eigenvalue weighted by Gasteiger charge is -2.17. The Kier molecular flexibility index (Phi) is 5.04. The van der Waals surface area contributed by atoms with Crippen LogP contribution in [0.15, 0.2) is 42.7 Å². The molecule has 134 valence electrons. The minimum atomic E-state index is -0.951. The number of likely N-dealkylation sites (N-methyl/N-ethyl adjacent to an activating group) is 1. The number of amides is 2. The average molecular weight is 372 g/mol. The molecule has 1 N–H and O–H groups in total. The maximum Gasteiger partial charge on any atom is 0.290 e. The number of ketones is 1. The number of nitrogens with zero attached hydrogens (tertiary/aromatic N) is 2. The summed E-state index contributed by atoms with van der Waals surface area (Å²) < 4.78 is 0. The number of carbonyl (C=O) groups is 3. The lowest BCUT2D eigenvalue weighted by Crippen LogP contribution is -2.37. The number of pyridine rings is 1. The maximum absolute atomic E-state index is 12.4. The highest BCUT2D eigenvalue weighted by Gasteiger charge is 2.41. The Morgan fingerprint density at radius 1 is 1.35 bits per heavy atom. The molecule has 0 radical (unpaired) electrons. The van der Waals surface area contributed by atoms with E-state index in [4.69, 9.17) is 11.6 Å². The van der Waals surface area contributed by atoms with Crippen LogP contribution < -0.4 is 5.32 Å². The Labute approximate surface area is 156 Å². The fourth-order valence-electron chi connectivity index (χ4n) is 2.96. The second-order valence-electron chi connectivity index (χ2n) is 6.31. The molecule has 1 saturated heterocycles. The van der Waals surface area contributed by atoms with Gasteiger partial charge in [0.05, 0.1) is 11.1 Å². The first kappa shape index (κ1) is 18.1. The number of hydrogen-bond acceptors (Lipinski definition) is 4. The van der Waals surface area contributed by atoms with Crippen molar-refractivity contribution in [1.29, 1.82) is 0 Å². The molecule has 3 rings (SSSR count). The minimum absolute atomic E-state index is 0.114. The zero-order valence-electron chi connectivity index (χ0n) is 14.4. The van der Waals surface area contributed by atoms with Gasteiger partial charge in [-0.2, -0.15) is 0 Å². The zero-order chi connectivity index (χ0) is 18.8. The molecule has 1 aliphatic rings. The summed E-state index contributed by atoms with van der Waals surface area (Å²) in [7, 11) is 1.51. The monoisotopic (exact) mass is 371 g/mol. The molecule has 1 aromatic carbocycles. The van der Waals surface area contributed by atoms with Gasteiger partial charge in [0, 0.05) is 31.5 Å². The molecule has 26 heavy (non-hydrogen) atoms. The molecule has 2 heterocycles. The van der Waals surface area contributed by atoms with Crippen LogP contribution >= 0.6 is 11.6 Å². The first-order chi connectivity index (χ1) is 12.4. The van der Waals surface area contributed by atoms with E-state index in [2.05, 4.69) is 10.3 Å². The van der Waals surface area contributed by atoms with Crippen molar-refractivity contribution in [3.05, 3.63) is 53.3 Å². The standard InChI is InChI=1S/C19H18ClN3O3/c1-11(22-18(25)15-10-23(2)19(26)17(15)24)12-4-3-5-13(8-12)14-6-7-21-9-16(14)20/h3-9,11,15H,10H2,1-2H3,(H,22,25)/t11-,15?/m1/s1. The summed E-state index contributed by atoms with van der Waals surface area (Å²) in [6, 6.07) is 9.12. The Hall–Kier alpha value is -2.73. The lowest BCUT2D eigenvalue weighted by molar-refractivity contribution is -0.142. The molecule has 2 amide bonds. The third-order valence-electron chi connectivity index (χ3n) is 4.48. The summed E-state index contributed by atoms with van der Waals surface area (Å²) in [6.45, 7) is 1.94. The van der Waals surface area contributed by atoms with Crippen LogP contribution in [0.3, 0.4) is 0 Å². The second-order valence-corrected chi connectivity index (χ2v) is 6.72. The number of aromatic nitrogens is 1. The van der Waals surface area contributed by atoms with E-state index in [0.717, 1.165) is 16.7 Å². The Morgan fingerprint density at radius 2 is 2.12 bits per heavy atom. The van der Waals surface area contributed by atoms with Crippen molar-refractivity contribution in [2.75, 3.05) is 13.6 Å². The first-order valence-corrected chi connectivity index (χ1v) is 8.56. The number of benzene rings is 1. The zero-order valence-corrected chi connectivity index (χ0v) is 15.2. The first-order valence-electron chi connectivity index (χ1n) is 8.18. The van der Waals surface area contributed by atoms with Gasteiger partial charge < -0.3 is 10.2 Å². The molecular weight excluding hydrogens is 354 g/mol. The number of nitrogens with one attached hydrogen (secondary N) is 1. The van der Waals surface area contributed by atoms with Crippen molar-refractivity contribution in [2.24, 2.45) is 5.92 Å². The van der Waals surface area contributed by atoms with E-state index in [1.54, 1.807) is 12.4 Å². The number of likely N-dealkylation sites (tertiary alicyclic amines) is 1. The normalized spacial score (nSPS) is 18.1. The van der Waals surface area contributed by atoms with E-state index in [1.807, 2.05) is 37.3 Å². The van der Waals surface area contributed by atoms with Crippen molar-refractivity contribution < 1.29 is 14.4 Å². The highest BCUT2D eigenvalue weighted by molar-refractivity contribution is 6.42. The average Bonchev–Trinajstić information content (AvgIpc) is 2.89. The van der Waals surface area contributed by atoms with Crippen LogP contribution in [0.2, 0.25) is 5.02 Å². The largest absolute Gasteiger partial charge is 0.349 e. The second kappa shape index (κ2) is 7.25. The van der Waals surface area contributed by atoms with E-state index in [0.29, 0.717) is 5.02 Å². The third kappa shape index (κ3) is 3.46. The van der Waals surface area contributed by atoms with Crippen LogP contribution in [0.5, 0.6) is 0 Å². The van der Waals surface area contributed by atoms with E-state index in [-0.39, 0.29) is 12.6 Å². The van der Waals surface area contributed by atoms with E-state index in [1.165, 1.54) is 11.9 Å². The number of Topliss-reactive ketones (excluding diaryl/α,β-unsaturated/α-hetero) is 1. The van der Waals surface area contributed by atoms with Crippen LogP contribution in [0.25, 0.3) is 11.1 Å². The van der Waals surface area contributed by atoms with Crippen molar-refractivity contribution >= 4 is 29.2 Å². The third-order valence-corrected chi connectivity index (χ3v) is 4.78. The van der Waals surface area contributed by atoms with E-state index in [9.17, 15) is 14.4 Å². The highest BCUT2D eigenvalue weighted by Crippen LogP contribution is 2.28. The number of halogens is 1. The predicted octanol–water partition coefficient (Wildman–Crippen LogP) is 2.24. The quantitative estimate of drug-likeness (QED) is 0.660. The summed E-state index contributed by atoms with van der Waals surface area (Å²) in [5.74, 6) is -2.66. The summed E-state index contributed by atoms with van der Waals surface area (Å²) in [5, 5.41) is 3.36. The van der Waals surface area contributed by atoms with E-state index >= 15 is 0 Å². The molecule has 0 bridgehead atoms. The number of hydrogen-bond donors (Lipinski definition) is 1. The van der Waals surface area contributed by atoms with Crippen molar-refractivity contribution in [2.45, 2.75) is 13.0 Å². The van der Waals surface area contributed by atoms with Crippen molar-refractivity contribution in [3.8, 4) is 11.1 Å². The Morgan fingerprint density at radius 3 is 2.77 bits per heavy atom. The van der Waals surface area contributed by atoms with Gasteiger partial charge >= 0.3 is 0 Å². The summed E-state index contributed by atoms with van der Waals surface area (Å²) in [5.41, 5.74) is 2.62. The molecule has 0 aliphatic carbocycles. The lowest BCUT2D eigenvalue weighted by atomic mass is 10.00. The molecule has 2 aromatic rings. The fraction of sp³-hybridized carbons (Fsp3) is 0.263. The molecule has 6 nitrogen and oxygen atoms in total. The van der Waals surface area contributed by atoms with Gasteiger partial charge in [-0.15, -0.1) is 0 Å². The van der Waals surface area contributed by atoms with Gasteiger partial charge in [0.15, 0.2) is 0 Å². The maximum atomic E-state index is 12.4. The van der Waals surface area contributed by atoms with Crippen LogP contribution in [0.4, 0.5) is 0 Å². The van der Waals surface area contributed by atoms with Crippen molar-refractivity contribution in [1.82, 2.24) is 15.2 Å². The highest BCUT2D eigenvalue weighted by atomic mass is 35.5. The summed E-state index contributed by atoms with van der Waals surface area (Å²) >= 11 is 6.20. The van der Waals surface area contributed by atoms with Gasteiger partial charge in [-0.3, -0.25) is 19.4 Å². The summed E-state index contributed by atoms with van der Waals surface area (Å²) in [6.07, 6.45) is 3.24. The Balaban J connectivity index is 1.77. The van der Waals surface area contributed by atoms with Crippen LogP contribution in [0, 0.1) is 5.92 Å². The molecule has 2 atom stereocenters. The molecule has 1 unspecified atom stereocenters. The van der Waals surface area contributed by atoms with Gasteiger partial charge in [-0.25, -0.2) is 0 Å². The van der Waals surface area contributed by atoms with Gasteiger partial charge in [0.2, 0.25) is 11.7 Å². The SMILES string of the molecule is C[C@@H](NC(=O)C1CN(C)C(=O)C1=O)c1cccc(-c2ccncc2Cl)c1. The fourth-order valence-corrected chi connectivity index (χ4v) is 3.19. The summed E-state index contributed by atoms with van der Waals surface area (Å²) in [4.78, 5) is 41.1. The van der Waals surface area contributed by atoms with E-state index < -0.39 is 23.5 Å². The topological polar surface area (TPSA) is 79.4 Å². The molecule has 1 aliphatic heterocycles. The Bertz CT molecular complexity index is 884. The molecule has 7 heteroatoms. The van der Waals surface area contributed by atoms with Crippen LogP contribution in [-0.4, -0.2) is 41.1 Å². The van der Waals surface area contributed by atoms with Crippen molar-refractivity contribution in [3.63, 3.8) is 0 Å². The van der Waals surface area contributed by atoms with Gasteiger partial charge in [-0.05, 0) is 30.2 Å². The predicted molar refractivity (Wildman–Crippen MR) is 97.4 cm³/mol. The van der Waals surface area contributed by atoms with Gasteiger partial charge in [-0.1, -0.05) is 29.8 Å². The smallest absolute Gasteiger partial charge is 0.290 e. The number of carbonyl (C=O) groups excluding carboxylic acids is 3. The van der Waals surface area contributed by atoms with Gasteiger partial charge in [0.1, 0.15) is 5.92 Å². The van der Waals surface area contributed by atoms with Crippen LogP contribution in [-0.2, 0) is 14.4 Å². The molecule has 1 aromatic heterocycles. The number of rotatable bonds is 4.